The molecule has 0 saturated heterocycles. The predicted molar refractivity (Wildman–Crippen MR) is 123 cm³/mol. The maximum Gasteiger partial charge on any atom is 0.261 e. The van der Waals surface area contributed by atoms with Gasteiger partial charge >= 0.3 is 0 Å². The predicted octanol–water partition coefficient (Wildman–Crippen LogP) is 2.77. The quantitative estimate of drug-likeness (QED) is 0.506. The van der Waals surface area contributed by atoms with E-state index in [0.717, 1.165) is 5.56 Å². The second kappa shape index (κ2) is 8.74. The molecule has 8 heteroatoms. The Hall–Kier alpha value is -3.81. The Bertz CT molecular complexity index is 1420. The Morgan fingerprint density at radius 1 is 1.09 bits per heavy atom. The molecule has 32 heavy (non-hydrogen) atoms. The van der Waals surface area contributed by atoms with Crippen LogP contribution in [0.5, 0.6) is 0 Å². The lowest BCUT2D eigenvalue weighted by atomic mass is 10.1. The van der Waals surface area contributed by atoms with Crippen molar-refractivity contribution >= 4 is 27.7 Å². The van der Waals surface area contributed by atoms with Gasteiger partial charge in [-0.05, 0) is 44.5 Å². The van der Waals surface area contributed by atoms with Crippen molar-refractivity contribution in [1.82, 2.24) is 24.4 Å². The van der Waals surface area contributed by atoms with E-state index in [0.29, 0.717) is 27.6 Å². The first-order chi connectivity index (χ1) is 15.3. The monoisotopic (exact) mass is 431 g/mol. The molecule has 0 fully saturated rings. The highest BCUT2D eigenvalue weighted by Crippen LogP contribution is 2.13. The molecule has 1 N–H and O–H groups in total. The van der Waals surface area contributed by atoms with Crippen LogP contribution in [0.2, 0.25) is 0 Å². The summed E-state index contributed by atoms with van der Waals surface area (Å²) in [7, 11) is 0. The molecule has 2 heterocycles. The van der Waals surface area contributed by atoms with Gasteiger partial charge in [0.15, 0.2) is 0 Å². The Morgan fingerprint density at radius 2 is 1.84 bits per heavy atom. The van der Waals surface area contributed by atoms with Crippen LogP contribution in [-0.4, -0.2) is 36.4 Å². The minimum atomic E-state index is -0.231. The van der Waals surface area contributed by atoms with Gasteiger partial charge < -0.3 is 9.88 Å². The molecule has 4 aromatic rings. The van der Waals surface area contributed by atoms with Gasteiger partial charge in [-0.15, -0.1) is 0 Å². The molecule has 1 amide bonds. The summed E-state index contributed by atoms with van der Waals surface area (Å²) in [5, 5.41) is 1.05. The first-order valence-electron chi connectivity index (χ1n) is 10.6. The molecule has 0 saturated carbocycles. The Morgan fingerprint density at radius 3 is 2.62 bits per heavy atom. The van der Waals surface area contributed by atoms with Crippen LogP contribution in [0.3, 0.4) is 0 Å². The van der Waals surface area contributed by atoms with Crippen molar-refractivity contribution in [2.75, 3.05) is 0 Å². The van der Waals surface area contributed by atoms with E-state index < -0.39 is 0 Å². The second-order valence-electron chi connectivity index (χ2n) is 8.11. The summed E-state index contributed by atoms with van der Waals surface area (Å²) >= 11 is 0. The minimum Gasteiger partial charge on any atom is -0.333 e. The second-order valence-corrected chi connectivity index (χ2v) is 8.11. The number of benzene rings is 2. The van der Waals surface area contributed by atoms with Gasteiger partial charge in [0.25, 0.3) is 11.1 Å². The van der Waals surface area contributed by atoms with E-state index in [4.69, 9.17) is 0 Å². The average molecular weight is 431 g/mol. The molecule has 0 unspecified atom stereocenters. The van der Waals surface area contributed by atoms with Crippen LogP contribution in [-0.2, 0) is 17.9 Å². The number of aromatic nitrogens is 4. The zero-order valence-corrected chi connectivity index (χ0v) is 18.3. The Balaban J connectivity index is 1.53. The number of H-pyrrole nitrogens is 1. The maximum atomic E-state index is 13.0. The first-order valence-corrected chi connectivity index (χ1v) is 10.6. The molecule has 0 bridgehead atoms. The normalized spacial score (nSPS) is 11.4. The molecule has 0 aliphatic rings. The van der Waals surface area contributed by atoms with Gasteiger partial charge in [-0.2, -0.15) is 0 Å². The lowest BCUT2D eigenvalue weighted by Crippen LogP contribution is -2.38. The van der Waals surface area contributed by atoms with E-state index in [1.54, 1.807) is 29.2 Å². The fourth-order valence-electron chi connectivity index (χ4n) is 3.79. The average Bonchev–Trinajstić information content (AvgIpc) is 2.77. The van der Waals surface area contributed by atoms with Crippen molar-refractivity contribution in [2.24, 2.45) is 0 Å². The number of para-hydroxylation sites is 2. The first kappa shape index (κ1) is 21.4. The van der Waals surface area contributed by atoms with Crippen LogP contribution in [0.1, 0.15) is 31.7 Å². The van der Waals surface area contributed by atoms with Crippen LogP contribution in [0.4, 0.5) is 0 Å². The number of carbonyl (C=O) groups is 1. The van der Waals surface area contributed by atoms with E-state index in [2.05, 4.69) is 15.0 Å². The molecule has 164 valence electrons. The van der Waals surface area contributed by atoms with Crippen molar-refractivity contribution in [2.45, 2.75) is 46.3 Å². The number of carbonyl (C=O) groups excluding carboxylic acids is 1. The van der Waals surface area contributed by atoms with Crippen LogP contribution < -0.4 is 11.1 Å². The van der Waals surface area contributed by atoms with E-state index in [9.17, 15) is 14.4 Å². The standard InChI is InChI=1S/C24H25N5O3/c1-15(2)29(13-20-26-19-10-5-4-8-17(19)23(31)27-20)21(30)11-12-28-14-25-22-16(3)7-6-9-18(22)24(28)32/h4-10,14-15H,11-13H2,1-3H3,(H,26,27,31). The largest absolute Gasteiger partial charge is 0.333 e. The van der Waals surface area contributed by atoms with Crippen molar-refractivity contribution in [3.05, 3.63) is 80.9 Å². The molecule has 2 aromatic carbocycles. The molecule has 0 atom stereocenters. The number of aromatic amines is 1. The molecule has 0 aliphatic heterocycles. The van der Waals surface area contributed by atoms with Crippen LogP contribution in [0.15, 0.2) is 58.4 Å². The number of rotatable bonds is 6. The third-order valence-electron chi connectivity index (χ3n) is 5.55. The van der Waals surface area contributed by atoms with Gasteiger partial charge in [0.2, 0.25) is 5.91 Å². The number of nitrogens with zero attached hydrogens (tertiary/aromatic N) is 4. The third-order valence-corrected chi connectivity index (χ3v) is 5.55. The van der Waals surface area contributed by atoms with Crippen LogP contribution in [0, 0.1) is 6.92 Å². The van der Waals surface area contributed by atoms with E-state index in [-0.39, 0.29) is 42.6 Å². The molecule has 0 aliphatic carbocycles. The molecular weight excluding hydrogens is 406 g/mol. The van der Waals surface area contributed by atoms with E-state index in [1.807, 2.05) is 39.0 Å². The highest BCUT2D eigenvalue weighted by molar-refractivity contribution is 5.80. The summed E-state index contributed by atoms with van der Waals surface area (Å²) in [6.07, 6.45) is 1.63. The third kappa shape index (κ3) is 4.16. The highest BCUT2D eigenvalue weighted by atomic mass is 16.2. The minimum absolute atomic E-state index is 0.103. The summed E-state index contributed by atoms with van der Waals surface area (Å²) in [4.78, 5) is 51.5. The number of hydrogen-bond donors (Lipinski definition) is 1. The summed E-state index contributed by atoms with van der Waals surface area (Å²) in [6.45, 7) is 6.13. The number of fused-ring (bicyclic) bond motifs is 2. The molecule has 8 nitrogen and oxygen atoms in total. The van der Waals surface area contributed by atoms with Gasteiger partial charge in [0, 0.05) is 19.0 Å². The number of nitrogens with one attached hydrogen (secondary N) is 1. The zero-order valence-electron chi connectivity index (χ0n) is 18.3. The number of hydrogen-bond acceptors (Lipinski definition) is 5. The zero-order chi connectivity index (χ0) is 22.8. The lowest BCUT2D eigenvalue weighted by molar-refractivity contribution is -0.133. The molecule has 0 spiro atoms. The SMILES string of the molecule is Cc1cccc2c(=O)n(CCC(=O)N(Cc3nc4ccccc4c(=O)[nH]3)C(C)C)cnc12. The fraction of sp³-hybridized carbons (Fsp3) is 0.292. The number of aryl methyl sites for hydroxylation is 2. The summed E-state index contributed by atoms with van der Waals surface area (Å²) in [5.74, 6) is 0.294. The van der Waals surface area contributed by atoms with Gasteiger partial charge in [-0.25, -0.2) is 9.97 Å². The van der Waals surface area contributed by atoms with Gasteiger partial charge in [0.1, 0.15) is 5.82 Å². The maximum absolute atomic E-state index is 13.0. The number of amides is 1. The van der Waals surface area contributed by atoms with Gasteiger partial charge in [-0.1, -0.05) is 24.3 Å². The van der Waals surface area contributed by atoms with E-state index in [1.165, 1.54) is 10.9 Å². The molecule has 2 aromatic heterocycles. The summed E-state index contributed by atoms with van der Waals surface area (Å²) < 4.78 is 1.47. The van der Waals surface area contributed by atoms with Gasteiger partial charge in [0.05, 0.1) is 34.7 Å². The highest BCUT2D eigenvalue weighted by Gasteiger charge is 2.19. The molecular formula is C24H25N5O3. The smallest absolute Gasteiger partial charge is 0.261 e. The Kier molecular flexibility index (Phi) is 5.85. The van der Waals surface area contributed by atoms with Crippen molar-refractivity contribution in [3.8, 4) is 0 Å². The van der Waals surface area contributed by atoms with Crippen molar-refractivity contribution < 1.29 is 4.79 Å². The van der Waals surface area contributed by atoms with Crippen LogP contribution in [0.25, 0.3) is 21.8 Å². The Labute approximate surface area is 184 Å². The van der Waals surface area contributed by atoms with Crippen molar-refractivity contribution in [1.29, 1.82) is 0 Å². The topological polar surface area (TPSA) is 101 Å². The van der Waals surface area contributed by atoms with Crippen LogP contribution >= 0.6 is 0 Å². The lowest BCUT2D eigenvalue weighted by Gasteiger charge is -2.26. The molecule has 0 radical (unpaired) electrons. The summed E-state index contributed by atoms with van der Waals surface area (Å²) in [5.41, 5.74) is 1.81. The van der Waals surface area contributed by atoms with Crippen molar-refractivity contribution in [3.63, 3.8) is 0 Å². The summed E-state index contributed by atoms with van der Waals surface area (Å²) in [6, 6.07) is 12.5. The van der Waals surface area contributed by atoms with Gasteiger partial charge in [-0.3, -0.25) is 19.0 Å². The molecule has 4 rings (SSSR count). The van der Waals surface area contributed by atoms with E-state index >= 15 is 0 Å². The fourth-order valence-corrected chi connectivity index (χ4v) is 3.79.